The van der Waals surface area contributed by atoms with Crippen molar-refractivity contribution < 1.29 is 4.42 Å². The Morgan fingerprint density at radius 1 is 1.06 bits per heavy atom. The molecule has 0 aliphatic rings. The lowest BCUT2D eigenvalue weighted by molar-refractivity contribution is 0.608. The molecule has 6 heteroatoms. The Kier molecular flexibility index (Phi) is 2.34. The molecule has 3 rings (SSSR count). The van der Waals surface area contributed by atoms with Gasteiger partial charge in [-0.05, 0) is 24.3 Å². The number of oxazole rings is 1. The number of anilines is 2. The van der Waals surface area contributed by atoms with Crippen molar-refractivity contribution in [3.05, 3.63) is 35.5 Å². The summed E-state index contributed by atoms with van der Waals surface area (Å²) in [5, 5.41) is 0.509. The zero-order chi connectivity index (χ0) is 12.7. The summed E-state index contributed by atoms with van der Waals surface area (Å²) in [5.74, 6) is 0.416. The molecule has 2 heterocycles. The normalized spacial score (nSPS) is 10.9. The molecule has 0 fully saturated rings. The molecule has 0 bridgehead atoms. The highest BCUT2D eigenvalue weighted by molar-refractivity contribution is 6.30. The van der Waals surface area contributed by atoms with Gasteiger partial charge in [-0.2, -0.15) is 0 Å². The van der Waals surface area contributed by atoms with E-state index in [-0.39, 0.29) is 0 Å². The molecule has 4 N–H and O–H groups in total. The van der Waals surface area contributed by atoms with Crippen LogP contribution in [-0.2, 0) is 0 Å². The summed E-state index contributed by atoms with van der Waals surface area (Å²) in [4.78, 5) is 8.35. The first-order valence-electron chi connectivity index (χ1n) is 5.20. The van der Waals surface area contributed by atoms with Gasteiger partial charge in [0, 0.05) is 23.1 Å². The van der Waals surface area contributed by atoms with Gasteiger partial charge in [-0.25, -0.2) is 9.97 Å². The maximum Gasteiger partial charge on any atom is 0.247 e. The van der Waals surface area contributed by atoms with Gasteiger partial charge in [-0.15, -0.1) is 0 Å². The summed E-state index contributed by atoms with van der Waals surface area (Å²) in [6, 6.07) is 6.83. The third kappa shape index (κ3) is 1.84. The summed E-state index contributed by atoms with van der Waals surface area (Å²) in [6.45, 7) is 0. The number of hydrogen-bond donors (Lipinski definition) is 2. The van der Waals surface area contributed by atoms with Crippen molar-refractivity contribution >= 4 is 34.2 Å². The zero-order valence-electron chi connectivity index (χ0n) is 9.22. The second-order valence-electron chi connectivity index (χ2n) is 3.89. The van der Waals surface area contributed by atoms with Crippen LogP contribution >= 0.6 is 11.6 Å². The minimum Gasteiger partial charge on any atom is -0.418 e. The van der Waals surface area contributed by atoms with Crippen LogP contribution in [0.2, 0.25) is 5.02 Å². The minimum atomic E-state index is 0.416. The van der Waals surface area contributed by atoms with Crippen LogP contribution in [0.5, 0.6) is 0 Å². The molecule has 0 radical (unpaired) electrons. The molecule has 0 spiro atoms. The molecule has 0 amide bonds. The average Bonchev–Trinajstić information content (AvgIpc) is 2.70. The number of halogens is 1. The van der Waals surface area contributed by atoms with E-state index in [2.05, 4.69) is 9.97 Å². The molecule has 0 atom stereocenters. The van der Waals surface area contributed by atoms with Crippen LogP contribution in [0.15, 0.2) is 34.9 Å². The molecule has 0 unspecified atom stereocenters. The predicted molar refractivity (Wildman–Crippen MR) is 71.1 cm³/mol. The number of fused-ring (bicyclic) bond motifs is 1. The van der Waals surface area contributed by atoms with Gasteiger partial charge in [0.25, 0.3) is 0 Å². The molecule has 1 aromatic carbocycles. The number of aromatic nitrogens is 2. The van der Waals surface area contributed by atoms with Crippen LogP contribution in [0.25, 0.3) is 22.7 Å². The Labute approximate surface area is 107 Å². The van der Waals surface area contributed by atoms with Crippen LogP contribution < -0.4 is 11.5 Å². The highest BCUT2D eigenvalue weighted by atomic mass is 35.5. The van der Waals surface area contributed by atoms with Gasteiger partial charge in [0.2, 0.25) is 11.6 Å². The molecule has 5 nitrogen and oxygen atoms in total. The second-order valence-corrected chi connectivity index (χ2v) is 4.32. The molecule has 3 aromatic rings. The van der Waals surface area contributed by atoms with Crippen molar-refractivity contribution in [2.45, 2.75) is 0 Å². The maximum atomic E-state index is 5.84. The number of nitrogens with two attached hydrogens (primary N) is 2. The van der Waals surface area contributed by atoms with Gasteiger partial charge in [0.15, 0.2) is 0 Å². The molecular weight excluding hydrogens is 252 g/mol. The Bertz CT molecular complexity index is 718. The van der Waals surface area contributed by atoms with Gasteiger partial charge in [0.1, 0.15) is 5.52 Å². The third-order valence-corrected chi connectivity index (χ3v) is 2.65. The molecule has 0 aliphatic carbocycles. The SMILES string of the molecule is Nc1cc(N)cc(-c2nc3cc(Cl)cnc3o2)c1. The third-order valence-electron chi connectivity index (χ3n) is 2.44. The molecule has 2 aromatic heterocycles. The van der Waals surface area contributed by atoms with E-state index >= 15 is 0 Å². The second kappa shape index (κ2) is 3.89. The van der Waals surface area contributed by atoms with E-state index in [0.717, 1.165) is 0 Å². The van der Waals surface area contributed by atoms with E-state index < -0.39 is 0 Å². The van der Waals surface area contributed by atoms with Gasteiger partial charge in [-0.1, -0.05) is 11.6 Å². The smallest absolute Gasteiger partial charge is 0.247 e. The van der Waals surface area contributed by atoms with Crippen LogP contribution in [0.4, 0.5) is 11.4 Å². The van der Waals surface area contributed by atoms with Crippen LogP contribution in [0.1, 0.15) is 0 Å². The van der Waals surface area contributed by atoms with Gasteiger partial charge in [-0.3, -0.25) is 0 Å². The predicted octanol–water partition coefficient (Wildman–Crippen LogP) is 2.71. The Hall–Kier alpha value is -2.27. The first-order chi connectivity index (χ1) is 8.61. The minimum absolute atomic E-state index is 0.416. The molecule has 90 valence electrons. The lowest BCUT2D eigenvalue weighted by Crippen LogP contribution is -1.91. The first kappa shape index (κ1) is 10.9. The summed E-state index contributed by atoms with van der Waals surface area (Å²) in [7, 11) is 0. The number of pyridine rings is 1. The zero-order valence-corrected chi connectivity index (χ0v) is 9.98. The molecule has 0 aliphatic heterocycles. The van der Waals surface area contributed by atoms with E-state index in [1.54, 1.807) is 24.3 Å². The fraction of sp³-hybridized carbons (Fsp3) is 0. The lowest BCUT2D eigenvalue weighted by atomic mass is 10.2. The van der Waals surface area contributed by atoms with E-state index in [0.29, 0.717) is 39.1 Å². The van der Waals surface area contributed by atoms with Crippen molar-refractivity contribution in [1.82, 2.24) is 9.97 Å². The number of nitrogen functional groups attached to an aromatic ring is 2. The van der Waals surface area contributed by atoms with Crippen molar-refractivity contribution in [2.75, 3.05) is 11.5 Å². The van der Waals surface area contributed by atoms with E-state index in [1.807, 2.05) is 0 Å². The average molecular weight is 261 g/mol. The summed E-state index contributed by atoms with van der Waals surface area (Å²) < 4.78 is 5.53. The lowest BCUT2D eigenvalue weighted by Gasteiger charge is -2.00. The van der Waals surface area contributed by atoms with E-state index in [9.17, 15) is 0 Å². The van der Waals surface area contributed by atoms with Crippen molar-refractivity contribution in [3.63, 3.8) is 0 Å². The Morgan fingerprint density at radius 3 is 2.50 bits per heavy atom. The van der Waals surface area contributed by atoms with E-state index in [1.165, 1.54) is 6.20 Å². The van der Waals surface area contributed by atoms with E-state index in [4.69, 9.17) is 27.5 Å². The topological polar surface area (TPSA) is 91.0 Å². The van der Waals surface area contributed by atoms with Crippen LogP contribution in [0, 0.1) is 0 Å². The first-order valence-corrected chi connectivity index (χ1v) is 5.58. The molecule has 18 heavy (non-hydrogen) atoms. The number of benzene rings is 1. The monoisotopic (exact) mass is 260 g/mol. The highest BCUT2D eigenvalue weighted by Gasteiger charge is 2.10. The van der Waals surface area contributed by atoms with Crippen molar-refractivity contribution in [3.8, 4) is 11.5 Å². The van der Waals surface area contributed by atoms with Gasteiger partial charge >= 0.3 is 0 Å². The molecule has 0 saturated carbocycles. The summed E-state index contributed by atoms with van der Waals surface area (Å²) >= 11 is 5.84. The summed E-state index contributed by atoms with van der Waals surface area (Å²) in [6.07, 6.45) is 1.51. The fourth-order valence-corrected chi connectivity index (χ4v) is 1.87. The van der Waals surface area contributed by atoms with Crippen LogP contribution in [-0.4, -0.2) is 9.97 Å². The summed E-state index contributed by atoms with van der Waals surface area (Å²) in [5.41, 5.74) is 14.3. The Balaban J connectivity index is 2.19. The van der Waals surface area contributed by atoms with Crippen molar-refractivity contribution in [2.24, 2.45) is 0 Å². The quantitative estimate of drug-likeness (QED) is 0.657. The largest absolute Gasteiger partial charge is 0.418 e. The fourth-order valence-electron chi connectivity index (χ4n) is 1.72. The van der Waals surface area contributed by atoms with Crippen LogP contribution in [0.3, 0.4) is 0 Å². The van der Waals surface area contributed by atoms with Gasteiger partial charge in [0.05, 0.1) is 5.02 Å². The highest BCUT2D eigenvalue weighted by Crippen LogP contribution is 2.27. The number of hydrogen-bond acceptors (Lipinski definition) is 5. The molecule has 0 saturated heterocycles. The number of nitrogens with zero attached hydrogens (tertiary/aromatic N) is 2. The standard InChI is InChI=1S/C12H9ClN4O/c13-7-3-10-12(16-5-7)18-11(17-10)6-1-8(14)4-9(15)2-6/h1-5H,14-15H2. The van der Waals surface area contributed by atoms with Gasteiger partial charge < -0.3 is 15.9 Å². The van der Waals surface area contributed by atoms with Crippen molar-refractivity contribution in [1.29, 1.82) is 0 Å². The Morgan fingerprint density at radius 2 is 1.78 bits per heavy atom. The number of rotatable bonds is 1. The maximum absolute atomic E-state index is 5.84. The molecular formula is C12H9ClN4O.